The van der Waals surface area contributed by atoms with E-state index in [0.29, 0.717) is 16.8 Å². The molecule has 2 aromatic carbocycles. The molecule has 0 aliphatic heterocycles. The summed E-state index contributed by atoms with van der Waals surface area (Å²) in [6.07, 6.45) is 0.647. The van der Waals surface area contributed by atoms with E-state index < -0.39 is 6.10 Å². The Bertz CT molecular complexity index is 1230. The van der Waals surface area contributed by atoms with Crippen LogP contribution in [0, 0.1) is 0 Å². The third kappa shape index (κ3) is 4.99. The van der Waals surface area contributed by atoms with Crippen molar-refractivity contribution in [2.75, 3.05) is 20.8 Å². The molecule has 2 heterocycles. The van der Waals surface area contributed by atoms with Gasteiger partial charge in [0.1, 0.15) is 16.2 Å². The average Bonchev–Trinajstić information content (AvgIpc) is 3.27. The van der Waals surface area contributed by atoms with Gasteiger partial charge in [0.05, 0.1) is 51.9 Å². The summed E-state index contributed by atoms with van der Waals surface area (Å²) in [5.74, 6) is 1.55. The fraction of sp³-hybridized carbons (Fsp3) is 0.250. The maximum absolute atomic E-state index is 12.9. The van der Waals surface area contributed by atoms with Crippen molar-refractivity contribution in [3.05, 3.63) is 76.8 Å². The van der Waals surface area contributed by atoms with Gasteiger partial charge in [-0.3, -0.25) is 9.36 Å². The second-order valence-electron chi connectivity index (χ2n) is 7.27. The van der Waals surface area contributed by atoms with Crippen molar-refractivity contribution in [3.63, 3.8) is 0 Å². The molecule has 1 unspecified atom stereocenters. The largest absolute Gasteiger partial charge is 0.497 e. The van der Waals surface area contributed by atoms with Gasteiger partial charge in [0.25, 0.3) is 5.56 Å². The second-order valence-corrected chi connectivity index (χ2v) is 8.32. The first-order chi connectivity index (χ1) is 15.6. The van der Waals surface area contributed by atoms with Gasteiger partial charge in [0.15, 0.2) is 0 Å². The first-order valence-electron chi connectivity index (χ1n) is 10.1. The van der Waals surface area contributed by atoms with E-state index in [0.717, 1.165) is 27.5 Å². The third-order valence-corrected chi connectivity index (χ3v) is 6.19. The Morgan fingerprint density at radius 1 is 1.03 bits per heavy atom. The lowest BCUT2D eigenvalue weighted by Crippen LogP contribution is -2.29. The Morgan fingerprint density at radius 2 is 1.69 bits per heavy atom. The lowest BCUT2D eigenvalue weighted by atomic mass is 10.2. The van der Waals surface area contributed by atoms with Crippen molar-refractivity contribution in [2.45, 2.75) is 19.3 Å². The molecule has 4 aromatic rings. The van der Waals surface area contributed by atoms with Crippen LogP contribution in [0.4, 0.5) is 0 Å². The Morgan fingerprint density at radius 3 is 2.34 bits per heavy atom. The Hall–Kier alpha value is -3.20. The zero-order valence-electron chi connectivity index (χ0n) is 17.9. The quantitative estimate of drug-likeness (QED) is 0.417. The lowest BCUT2D eigenvalue weighted by Gasteiger charge is -2.13. The number of benzene rings is 2. The van der Waals surface area contributed by atoms with Crippen molar-refractivity contribution in [3.8, 4) is 21.9 Å². The molecular formula is C24H24N2O5S. The van der Waals surface area contributed by atoms with E-state index in [1.54, 1.807) is 14.2 Å². The summed E-state index contributed by atoms with van der Waals surface area (Å²) < 4.78 is 17.9. The summed E-state index contributed by atoms with van der Waals surface area (Å²) in [4.78, 5) is 18.3. The number of aliphatic hydroxyl groups excluding tert-OH is 1. The van der Waals surface area contributed by atoms with Gasteiger partial charge in [-0.05, 0) is 53.6 Å². The summed E-state index contributed by atoms with van der Waals surface area (Å²) in [5.41, 5.74) is 2.44. The number of aliphatic hydroxyl groups is 1. The molecule has 0 bridgehead atoms. The molecule has 0 saturated heterocycles. The number of thiophene rings is 1. The van der Waals surface area contributed by atoms with E-state index in [1.807, 2.05) is 54.6 Å². The molecule has 166 valence electrons. The number of hydrogen-bond acceptors (Lipinski definition) is 7. The van der Waals surface area contributed by atoms with Gasteiger partial charge in [-0.2, -0.15) is 0 Å². The third-order valence-electron chi connectivity index (χ3n) is 5.02. The Labute approximate surface area is 189 Å². The Kier molecular flexibility index (Phi) is 6.84. The van der Waals surface area contributed by atoms with Gasteiger partial charge >= 0.3 is 0 Å². The summed E-state index contributed by atoms with van der Waals surface area (Å²) in [6.45, 7) is 0.585. The molecule has 0 aliphatic rings. The zero-order valence-corrected chi connectivity index (χ0v) is 18.7. The minimum absolute atomic E-state index is 0.109. The molecule has 32 heavy (non-hydrogen) atoms. The standard InChI is InChI=1S/C24H24N2O5S/c1-29-19-7-3-16(4-8-19)13-31-14-18(27)12-26-15-25-21-11-22(32-23(21)24(26)28)17-5-9-20(30-2)10-6-17/h3-11,15,18,27H,12-14H2,1-2H3. The molecule has 1 N–H and O–H groups in total. The fourth-order valence-electron chi connectivity index (χ4n) is 3.29. The van der Waals surface area contributed by atoms with Crippen molar-refractivity contribution in [2.24, 2.45) is 0 Å². The van der Waals surface area contributed by atoms with Gasteiger partial charge in [0.2, 0.25) is 0 Å². The van der Waals surface area contributed by atoms with Crippen LogP contribution in [0.1, 0.15) is 5.56 Å². The molecule has 2 aromatic heterocycles. The predicted octanol–water partition coefficient (Wildman–Crippen LogP) is 3.72. The number of fused-ring (bicyclic) bond motifs is 1. The van der Waals surface area contributed by atoms with Gasteiger partial charge in [0, 0.05) is 4.88 Å². The van der Waals surface area contributed by atoms with Gasteiger partial charge in [-0.25, -0.2) is 4.98 Å². The van der Waals surface area contributed by atoms with E-state index in [2.05, 4.69) is 4.98 Å². The topological polar surface area (TPSA) is 82.8 Å². The highest BCUT2D eigenvalue weighted by Gasteiger charge is 2.13. The van der Waals surface area contributed by atoms with Crippen LogP contribution in [-0.4, -0.2) is 41.6 Å². The molecule has 0 aliphatic carbocycles. The molecule has 7 nitrogen and oxygen atoms in total. The molecule has 0 amide bonds. The van der Waals surface area contributed by atoms with Crippen molar-refractivity contribution in [1.82, 2.24) is 9.55 Å². The van der Waals surface area contributed by atoms with E-state index in [-0.39, 0.29) is 18.7 Å². The Balaban J connectivity index is 1.41. The van der Waals surface area contributed by atoms with Crippen LogP contribution in [0.5, 0.6) is 11.5 Å². The monoisotopic (exact) mass is 452 g/mol. The summed E-state index contributed by atoms with van der Waals surface area (Å²) in [5, 5.41) is 10.4. The van der Waals surface area contributed by atoms with Crippen LogP contribution in [0.15, 0.2) is 65.7 Å². The van der Waals surface area contributed by atoms with Crippen LogP contribution in [0.2, 0.25) is 0 Å². The molecule has 0 radical (unpaired) electrons. The minimum atomic E-state index is -0.828. The first kappa shape index (κ1) is 22.0. The SMILES string of the molecule is COc1ccc(COCC(O)Cn2cnc3cc(-c4ccc(OC)cc4)sc3c2=O)cc1. The average molecular weight is 453 g/mol. The van der Waals surface area contributed by atoms with Crippen LogP contribution < -0.4 is 15.0 Å². The number of rotatable bonds is 9. The fourth-order valence-corrected chi connectivity index (χ4v) is 4.35. The van der Waals surface area contributed by atoms with E-state index in [4.69, 9.17) is 14.2 Å². The minimum Gasteiger partial charge on any atom is -0.497 e. The maximum atomic E-state index is 12.9. The van der Waals surface area contributed by atoms with Gasteiger partial charge in [-0.15, -0.1) is 11.3 Å². The number of nitrogens with zero attached hydrogens (tertiary/aromatic N) is 2. The number of aromatic nitrogens is 2. The number of ether oxygens (including phenoxy) is 3. The molecule has 0 fully saturated rings. The molecule has 4 rings (SSSR count). The summed E-state index contributed by atoms with van der Waals surface area (Å²) in [6, 6.07) is 17.1. The normalized spacial score (nSPS) is 12.1. The predicted molar refractivity (Wildman–Crippen MR) is 125 cm³/mol. The molecule has 0 saturated carbocycles. The second kappa shape index (κ2) is 9.95. The number of methoxy groups -OCH3 is 2. The van der Waals surface area contributed by atoms with Crippen LogP contribution in [0.3, 0.4) is 0 Å². The highest BCUT2D eigenvalue weighted by atomic mass is 32.1. The number of hydrogen-bond donors (Lipinski definition) is 1. The van der Waals surface area contributed by atoms with E-state index >= 15 is 0 Å². The van der Waals surface area contributed by atoms with Crippen LogP contribution in [-0.2, 0) is 17.9 Å². The molecule has 8 heteroatoms. The summed E-state index contributed by atoms with van der Waals surface area (Å²) in [7, 11) is 3.24. The van der Waals surface area contributed by atoms with Crippen molar-refractivity contribution in [1.29, 1.82) is 0 Å². The lowest BCUT2D eigenvalue weighted by molar-refractivity contribution is 0.0198. The first-order valence-corrected chi connectivity index (χ1v) is 10.9. The molecular weight excluding hydrogens is 428 g/mol. The van der Waals surface area contributed by atoms with Crippen LogP contribution >= 0.6 is 11.3 Å². The molecule has 0 spiro atoms. The van der Waals surface area contributed by atoms with Crippen LogP contribution in [0.25, 0.3) is 20.7 Å². The smallest absolute Gasteiger partial charge is 0.271 e. The highest BCUT2D eigenvalue weighted by molar-refractivity contribution is 7.22. The van der Waals surface area contributed by atoms with Gasteiger partial charge < -0.3 is 19.3 Å². The van der Waals surface area contributed by atoms with E-state index in [9.17, 15) is 9.90 Å². The summed E-state index contributed by atoms with van der Waals surface area (Å²) >= 11 is 1.39. The highest BCUT2D eigenvalue weighted by Crippen LogP contribution is 2.31. The van der Waals surface area contributed by atoms with Crippen molar-refractivity contribution < 1.29 is 19.3 Å². The van der Waals surface area contributed by atoms with Gasteiger partial charge in [-0.1, -0.05) is 12.1 Å². The van der Waals surface area contributed by atoms with E-state index in [1.165, 1.54) is 22.2 Å². The molecule has 1 atom stereocenters. The maximum Gasteiger partial charge on any atom is 0.271 e. The van der Waals surface area contributed by atoms with Crippen molar-refractivity contribution >= 4 is 21.6 Å². The zero-order chi connectivity index (χ0) is 22.5.